The normalized spacial score (nSPS) is 11.6. The lowest BCUT2D eigenvalue weighted by molar-refractivity contribution is 0.667. The molecule has 0 bridgehead atoms. The molecule has 0 spiro atoms. The minimum absolute atomic E-state index is 0.616. The van der Waals surface area contributed by atoms with Crippen LogP contribution in [0.25, 0.3) is 110 Å². The Hall–Kier alpha value is -7.35. The molecule has 4 aromatic heterocycles. The van der Waals surface area contributed by atoms with Crippen molar-refractivity contribution in [3.05, 3.63) is 176 Å². The van der Waals surface area contributed by atoms with Gasteiger partial charge in [0.25, 0.3) is 0 Å². The summed E-state index contributed by atoms with van der Waals surface area (Å²) < 4.78 is 8.68. The van der Waals surface area contributed by atoms with Gasteiger partial charge < -0.3 is 4.42 Å². The predicted octanol–water partition coefficient (Wildman–Crippen LogP) is 12.9. The monoisotopic (exact) mass is 735 g/mol. The van der Waals surface area contributed by atoms with Gasteiger partial charge in [0, 0.05) is 53.4 Å². The van der Waals surface area contributed by atoms with Crippen molar-refractivity contribution in [1.29, 1.82) is 0 Å². The van der Waals surface area contributed by atoms with E-state index in [1.54, 1.807) is 11.3 Å². The lowest BCUT2D eigenvalue weighted by atomic mass is 10.0. The fourth-order valence-corrected chi connectivity index (χ4v) is 8.56. The van der Waals surface area contributed by atoms with Gasteiger partial charge in [0.1, 0.15) is 16.8 Å². The number of hydrogen-bond donors (Lipinski definition) is 0. The summed E-state index contributed by atoms with van der Waals surface area (Å²) in [5.41, 5.74) is 10.00. The van der Waals surface area contributed by atoms with Gasteiger partial charge in [0.05, 0.1) is 0 Å². The molecule has 0 amide bonds. The number of benzene rings is 7. The highest BCUT2D eigenvalue weighted by Gasteiger charge is 2.21. The number of nitrogens with zero attached hydrogens (tertiary/aromatic N) is 5. The second-order valence-corrected chi connectivity index (χ2v) is 14.7. The van der Waals surface area contributed by atoms with Crippen molar-refractivity contribution in [2.24, 2.45) is 0 Å². The highest BCUT2D eigenvalue weighted by molar-refractivity contribution is 7.26. The lowest BCUT2D eigenvalue weighted by Crippen LogP contribution is -2.00. The van der Waals surface area contributed by atoms with Gasteiger partial charge in [0.2, 0.25) is 0 Å². The van der Waals surface area contributed by atoms with E-state index in [0.29, 0.717) is 28.9 Å². The molecule has 0 fully saturated rings. The number of aromatic nitrogens is 5. The number of hydrogen-bond acceptors (Lipinski definition) is 7. The summed E-state index contributed by atoms with van der Waals surface area (Å²) in [6, 6.07) is 60.0. The van der Waals surface area contributed by atoms with Crippen LogP contribution < -0.4 is 0 Å². The first-order valence-electron chi connectivity index (χ1n) is 18.4. The van der Waals surface area contributed by atoms with Crippen molar-refractivity contribution in [3.8, 4) is 67.9 Å². The van der Waals surface area contributed by atoms with E-state index in [-0.39, 0.29) is 0 Å². The first kappa shape index (κ1) is 32.1. The highest BCUT2D eigenvalue weighted by atomic mass is 32.1. The number of fused-ring (bicyclic) bond motifs is 6. The Morgan fingerprint density at radius 3 is 1.70 bits per heavy atom. The first-order valence-corrected chi connectivity index (χ1v) is 19.2. The van der Waals surface area contributed by atoms with E-state index in [1.807, 2.05) is 72.8 Å². The van der Waals surface area contributed by atoms with Crippen molar-refractivity contribution in [2.45, 2.75) is 0 Å². The second kappa shape index (κ2) is 13.2. The minimum atomic E-state index is 0.616. The van der Waals surface area contributed by atoms with Gasteiger partial charge >= 0.3 is 0 Å². The maximum absolute atomic E-state index is 6.38. The fourth-order valence-electron chi connectivity index (χ4n) is 7.45. The molecule has 0 atom stereocenters. The summed E-state index contributed by atoms with van der Waals surface area (Å²) in [6.45, 7) is 0. The van der Waals surface area contributed by atoms with Gasteiger partial charge in [-0.05, 0) is 47.5 Å². The summed E-state index contributed by atoms with van der Waals surface area (Å²) in [4.78, 5) is 25.6. The topological polar surface area (TPSA) is 77.6 Å². The van der Waals surface area contributed by atoms with E-state index in [1.165, 1.54) is 0 Å². The van der Waals surface area contributed by atoms with Crippen molar-refractivity contribution in [2.75, 3.05) is 0 Å². The molecule has 0 N–H and O–H groups in total. The number of thiophene rings is 1. The van der Waals surface area contributed by atoms with E-state index in [0.717, 1.165) is 81.3 Å². The van der Waals surface area contributed by atoms with Crippen LogP contribution in [0.1, 0.15) is 0 Å². The van der Waals surface area contributed by atoms with Crippen molar-refractivity contribution >= 4 is 53.6 Å². The molecule has 7 heteroatoms. The van der Waals surface area contributed by atoms with Gasteiger partial charge in [-0.15, -0.1) is 11.3 Å². The second-order valence-electron chi connectivity index (χ2n) is 13.6. The zero-order valence-electron chi connectivity index (χ0n) is 29.8. The molecule has 0 aliphatic carbocycles. The summed E-state index contributed by atoms with van der Waals surface area (Å²) in [6.07, 6.45) is 0. The molecule has 11 aromatic rings. The van der Waals surface area contributed by atoms with E-state index >= 15 is 0 Å². The summed E-state index contributed by atoms with van der Waals surface area (Å²) >= 11 is 1.75. The molecule has 0 aliphatic rings. The Kier molecular flexibility index (Phi) is 7.57. The SMILES string of the molecule is c1ccc(-c2ccc(-c3nc(-c4ccccc4)nc(-c4cccc5sc6ccc(-c7nc(-c8ccccc8)c8oc9ccccc9c8n7)cc6c45)n3)cc2)cc1. The van der Waals surface area contributed by atoms with Crippen LogP contribution in [0.4, 0.5) is 0 Å². The third kappa shape index (κ3) is 5.52. The van der Waals surface area contributed by atoms with E-state index in [2.05, 4.69) is 103 Å². The average Bonchev–Trinajstić information content (AvgIpc) is 3.85. The molecule has 11 rings (SSSR count). The highest BCUT2D eigenvalue weighted by Crippen LogP contribution is 2.42. The predicted molar refractivity (Wildman–Crippen MR) is 228 cm³/mol. The Morgan fingerprint density at radius 1 is 0.375 bits per heavy atom. The third-order valence-electron chi connectivity index (χ3n) is 10.2. The number of furan rings is 1. The molecule has 6 nitrogen and oxygen atoms in total. The molecule has 56 heavy (non-hydrogen) atoms. The number of para-hydroxylation sites is 1. The van der Waals surface area contributed by atoms with Crippen LogP contribution in [0.5, 0.6) is 0 Å². The standard InChI is InChI=1S/C49H29N5OS/c1-4-13-30(14-5-1)31-23-25-34(26-24-31)47-52-46(33-17-8-3-9-18-33)53-49(54-47)37-20-12-22-41-42(37)38-29-35(27-28-40(38)56-41)48-50-43(32-15-6-2-7-16-32)45-44(51-48)36-19-10-11-21-39(36)55-45/h1-29H. The number of rotatable bonds is 6. The van der Waals surface area contributed by atoms with Crippen molar-refractivity contribution in [3.63, 3.8) is 0 Å². The molecule has 0 unspecified atom stereocenters. The Balaban J connectivity index is 1.09. The van der Waals surface area contributed by atoms with Gasteiger partial charge in [-0.1, -0.05) is 140 Å². The molecule has 0 aliphatic heterocycles. The van der Waals surface area contributed by atoms with Crippen LogP contribution in [0.2, 0.25) is 0 Å². The first-order chi connectivity index (χ1) is 27.7. The third-order valence-corrected chi connectivity index (χ3v) is 11.3. The Labute approximate surface area is 325 Å². The fraction of sp³-hybridized carbons (Fsp3) is 0. The van der Waals surface area contributed by atoms with Crippen molar-refractivity contribution in [1.82, 2.24) is 24.9 Å². The smallest absolute Gasteiger partial charge is 0.180 e. The van der Waals surface area contributed by atoms with Crippen LogP contribution in [0.3, 0.4) is 0 Å². The van der Waals surface area contributed by atoms with Crippen molar-refractivity contribution < 1.29 is 4.42 Å². The molecule has 4 heterocycles. The minimum Gasteiger partial charge on any atom is -0.452 e. The summed E-state index contributed by atoms with van der Waals surface area (Å²) in [7, 11) is 0. The zero-order valence-corrected chi connectivity index (χ0v) is 30.6. The molecule has 0 radical (unpaired) electrons. The summed E-state index contributed by atoms with van der Waals surface area (Å²) in [5.74, 6) is 2.49. The maximum atomic E-state index is 6.38. The van der Waals surface area contributed by atoms with E-state index in [9.17, 15) is 0 Å². The quantitative estimate of drug-likeness (QED) is 0.169. The maximum Gasteiger partial charge on any atom is 0.180 e. The van der Waals surface area contributed by atoms with Gasteiger partial charge in [-0.2, -0.15) is 0 Å². The molecular weight excluding hydrogens is 707 g/mol. The van der Waals surface area contributed by atoms with Gasteiger partial charge in [-0.25, -0.2) is 24.9 Å². The van der Waals surface area contributed by atoms with Crippen LogP contribution in [-0.2, 0) is 0 Å². The molecule has 0 saturated heterocycles. The van der Waals surface area contributed by atoms with Crippen LogP contribution >= 0.6 is 11.3 Å². The lowest BCUT2D eigenvalue weighted by Gasteiger charge is -2.10. The summed E-state index contributed by atoms with van der Waals surface area (Å²) in [5, 5.41) is 3.14. The largest absolute Gasteiger partial charge is 0.452 e. The van der Waals surface area contributed by atoms with E-state index < -0.39 is 0 Å². The average molecular weight is 736 g/mol. The van der Waals surface area contributed by atoms with Gasteiger partial charge in [-0.3, -0.25) is 0 Å². The van der Waals surface area contributed by atoms with Crippen LogP contribution in [-0.4, -0.2) is 24.9 Å². The molecule has 7 aromatic carbocycles. The Bertz CT molecular complexity index is 3230. The Morgan fingerprint density at radius 2 is 0.946 bits per heavy atom. The molecular formula is C49H29N5OS. The zero-order chi connectivity index (χ0) is 37.0. The van der Waals surface area contributed by atoms with Crippen LogP contribution in [0, 0.1) is 0 Å². The van der Waals surface area contributed by atoms with Crippen LogP contribution in [0.15, 0.2) is 180 Å². The molecule has 0 saturated carbocycles. The van der Waals surface area contributed by atoms with Gasteiger partial charge in [0.15, 0.2) is 28.9 Å². The van der Waals surface area contributed by atoms with E-state index in [4.69, 9.17) is 29.3 Å². The molecule has 262 valence electrons.